The van der Waals surface area contributed by atoms with Gasteiger partial charge in [-0.25, -0.2) is 19.9 Å². The molecule has 4 heterocycles. The van der Waals surface area contributed by atoms with Gasteiger partial charge >= 0.3 is 0 Å². The number of amides is 1. The minimum Gasteiger partial charge on any atom is -0.355 e. The molecule has 3 aromatic heterocycles. The van der Waals surface area contributed by atoms with Gasteiger partial charge in [0.05, 0.1) is 12.1 Å². The summed E-state index contributed by atoms with van der Waals surface area (Å²) in [6.07, 6.45) is 11.3. The van der Waals surface area contributed by atoms with Crippen molar-refractivity contribution in [2.24, 2.45) is 5.92 Å². The third-order valence-corrected chi connectivity index (χ3v) is 3.80. The van der Waals surface area contributed by atoms with Gasteiger partial charge in [0.2, 0.25) is 5.91 Å². The van der Waals surface area contributed by atoms with Crippen molar-refractivity contribution in [3.8, 4) is 5.82 Å². The number of hydrogen-bond acceptors (Lipinski definition) is 7. The molecule has 0 bridgehead atoms. The van der Waals surface area contributed by atoms with Crippen molar-refractivity contribution < 1.29 is 4.79 Å². The zero-order valence-electron chi connectivity index (χ0n) is 12.6. The lowest BCUT2D eigenvalue weighted by Gasteiger charge is -2.38. The molecule has 0 atom stereocenters. The summed E-state index contributed by atoms with van der Waals surface area (Å²) in [7, 11) is 0. The second-order valence-corrected chi connectivity index (χ2v) is 5.39. The molecule has 1 N–H and O–H groups in total. The molecule has 0 unspecified atom stereocenters. The van der Waals surface area contributed by atoms with E-state index in [1.165, 1.54) is 12.5 Å². The first kappa shape index (κ1) is 14.2. The molecule has 1 amide bonds. The van der Waals surface area contributed by atoms with Crippen LogP contribution >= 0.6 is 0 Å². The number of anilines is 2. The lowest BCUT2D eigenvalue weighted by Crippen LogP contribution is -2.52. The summed E-state index contributed by atoms with van der Waals surface area (Å²) >= 11 is 0. The van der Waals surface area contributed by atoms with Crippen molar-refractivity contribution in [1.82, 2.24) is 29.5 Å². The minimum absolute atomic E-state index is 0.0596. The van der Waals surface area contributed by atoms with Crippen LogP contribution in [0.5, 0.6) is 0 Å². The number of carbonyl (C=O) groups is 1. The fourth-order valence-electron chi connectivity index (χ4n) is 2.47. The highest BCUT2D eigenvalue weighted by Gasteiger charge is 2.33. The molecule has 120 valence electrons. The van der Waals surface area contributed by atoms with Crippen molar-refractivity contribution >= 4 is 17.5 Å². The van der Waals surface area contributed by atoms with Gasteiger partial charge in [-0.1, -0.05) is 0 Å². The smallest absolute Gasteiger partial charge is 0.232 e. The summed E-state index contributed by atoms with van der Waals surface area (Å²) in [6.45, 7) is 1.21. The molecule has 4 rings (SSSR count). The van der Waals surface area contributed by atoms with Crippen LogP contribution in [-0.2, 0) is 4.79 Å². The van der Waals surface area contributed by atoms with Crippen LogP contribution in [0.15, 0.2) is 49.7 Å². The molecule has 1 fully saturated rings. The van der Waals surface area contributed by atoms with Crippen molar-refractivity contribution in [3.63, 3.8) is 0 Å². The molecule has 0 aromatic carbocycles. The predicted molar refractivity (Wildman–Crippen MR) is 85.5 cm³/mol. The Morgan fingerprint density at radius 3 is 2.71 bits per heavy atom. The molecular weight excluding hydrogens is 308 g/mol. The molecule has 1 saturated heterocycles. The van der Waals surface area contributed by atoms with Gasteiger partial charge in [-0.2, -0.15) is 0 Å². The minimum atomic E-state index is -0.0985. The van der Waals surface area contributed by atoms with E-state index in [-0.39, 0.29) is 11.8 Å². The van der Waals surface area contributed by atoms with Crippen LogP contribution in [0.3, 0.4) is 0 Å². The zero-order chi connectivity index (χ0) is 16.4. The van der Waals surface area contributed by atoms with Gasteiger partial charge in [-0.3, -0.25) is 14.3 Å². The van der Waals surface area contributed by atoms with Gasteiger partial charge in [0.25, 0.3) is 0 Å². The highest BCUT2D eigenvalue weighted by molar-refractivity contribution is 5.93. The highest BCUT2D eigenvalue weighted by atomic mass is 16.2. The van der Waals surface area contributed by atoms with Crippen LogP contribution in [0.2, 0.25) is 0 Å². The second kappa shape index (κ2) is 6.03. The third kappa shape index (κ3) is 2.78. The fourth-order valence-corrected chi connectivity index (χ4v) is 2.47. The molecule has 0 radical (unpaired) electrons. The summed E-state index contributed by atoms with van der Waals surface area (Å²) in [5.74, 6) is 1.84. The molecule has 24 heavy (non-hydrogen) atoms. The Labute approximate surface area is 137 Å². The largest absolute Gasteiger partial charge is 0.355 e. The normalized spacial score (nSPS) is 14.2. The van der Waals surface area contributed by atoms with E-state index in [1.54, 1.807) is 24.9 Å². The Hall–Kier alpha value is -3.36. The van der Waals surface area contributed by atoms with Crippen molar-refractivity contribution in [1.29, 1.82) is 0 Å². The number of hydrogen-bond donors (Lipinski definition) is 1. The predicted octanol–water partition coefficient (Wildman–Crippen LogP) is 0.527. The van der Waals surface area contributed by atoms with E-state index in [2.05, 4.69) is 30.2 Å². The lowest BCUT2D eigenvalue weighted by atomic mass is 9.99. The first-order chi connectivity index (χ1) is 11.8. The van der Waals surface area contributed by atoms with E-state index in [9.17, 15) is 4.79 Å². The third-order valence-electron chi connectivity index (χ3n) is 3.80. The van der Waals surface area contributed by atoms with E-state index >= 15 is 0 Å². The lowest BCUT2D eigenvalue weighted by molar-refractivity contribution is -0.120. The number of aromatic nitrogens is 6. The van der Waals surface area contributed by atoms with Gasteiger partial charge in [-0.15, -0.1) is 0 Å². The number of imidazole rings is 1. The number of nitrogens with zero attached hydrogens (tertiary/aromatic N) is 7. The number of rotatable bonds is 4. The van der Waals surface area contributed by atoms with Gasteiger partial charge in [0, 0.05) is 43.9 Å². The zero-order valence-corrected chi connectivity index (χ0v) is 12.6. The Balaban J connectivity index is 1.39. The van der Waals surface area contributed by atoms with E-state index in [4.69, 9.17) is 0 Å². The van der Waals surface area contributed by atoms with Crippen LogP contribution in [0.4, 0.5) is 11.6 Å². The average molecular weight is 322 g/mol. The summed E-state index contributed by atoms with van der Waals surface area (Å²) < 4.78 is 1.81. The summed E-state index contributed by atoms with van der Waals surface area (Å²) in [5, 5.41) is 2.77. The Morgan fingerprint density at radius 1 is 1.08 bits per heavy atom. The van der Waals surface area contributed by atoms with Gasteiger partial charge in [-0.05, 0) is 0 Å². The maximum Gasteiger partial charge on any atom is 0.232 e. The van der Waals surface area contributed by atoms with E-state index in [1.807, 2.05) is 21.7 Å². The molecule has 1 aliphatic rings. The van der Waals surface area contributed by atoms with E-state index < -0.39 is 0 Å². The average Bonchev–Trinajstić information content (AvgIpc) is 3.09. The highest BCUT2D eigenvalue weighted by Crippen LogP contribution is 2.24. The Morgan fingerprint density at radius 2 is 1.96 bits per heavy atom. The van der Waals surface area contributed by atoms with Gasteiger partial charge in [0.1, 0.15) is 24.3 Å². The van der Waals surface area contributed by atoms with E-state index in [0.717, 1.165) is 11.6 Å². The topological polar surface area (TPSA) is 102 Å². The van der Waals surface area contributed by atoms with Crippen LogP contribution in [-0.4, -0.2) is 48.5 Å². The van der Waals surface area contributed by atoms with Gasteiger partial charge in [0.15, 0.2) is 5.82 Å². The maximum absolute atomic E-state index is 12.2. The Bertz CT molecular complexity index is 830. The molecule has 1 aliphatic heterocycles. The summed E-state index contributed by atoms with van der Waals surface area (Å²) in [5.41, 5.74) is 0. The van der Waals surface area contributed by atoms with Gasteiger partial charge < -0.3 is 10.2 Å². The first-order valence-corrected chi connectivity index (χ1v) is 7.42. The van der Waals surface area contributed by atoms with Crippen LogP contribution in [0.25, 0.3) is 5.82 Å². The number of nitrogens with one attached hydrogen (secondary N) is 1. The molecular formula is C15H14N8O. The van der Waals surface area contributed by atoms with Crippen molar-refractivity contribution in [2.45, 2.75) is 0 Å². The monoisotopic (exact) mass is 322 g/mol. The molecule has 0 saturated carbocycles. The number of carbonyl (C=O) groups excluding carboxylic acids is 1. The van der Waals surface area contributed by atoms with Crippen molar-refractivity contribution in [2.75, 3.05) is 23.3 Å². The molecule has 9 nitrogen and oxygen atoms in total. The second-order valence-electron chi connectivity index (χ2n) is 5.39. The van der Waals surface area contributed by atoms with E-state index in [0.29, 0.717) is 18.9 Å². The summed E-state index contributed by atoms with van der Waals surface area (Å²) in [4.78, 5) is 34.7. The van der Waals surface area contributed by atoms with Crippen LogP contribution in [0, 0.1) is 5.92 Å². The molecule has 9 heteroatoms. The maximum atomic E-state index is 12.2. The standard InChI is InChI=1S/C15H14N8O/c24-15(21-12-6-16-1-2-18-12)11-7-23(8-11)14-5-13(19-9-20-14)22-4-3-17-10-22/h1-6,9-11H,7-8H2,(H,18,21,24). The molecule has 0 aliphatic carbocycles. The molecule has 3 aromatic rings. The summed E-state index contributed by atoms with van der Waals surface area (Å²) in [6, 6.07) is 1.87. The van der Waals surface area contributed by atoms with Crippen molar-refractivity contribution in [3.05, 3.63) is 49.7 Å². The van der Waals surface area contributed by atoms with Crippen LogP contribution < -0.4 is 10.2 Å². The van der Waals surface area contributed by atoms with Crippen LogP contribution in [0.1, 0.15) is 0 Å². The first-order valence-electron chi connectivity index (χ1n) is 7.42. The SMILES string of the molecule is O=C(Nc1cnccn1)C1CN(c2cc(-n3ccnc3)ncn2)C1. The quantitative estimate of drug-likeness (QED) is 0.747. The molecule has 0 spiro atoms. The fraction of sp³-hybridized carbons (Fsp3) is 0.200. The Kier molecular flexibility index (Phi) is 3.58.